The minimum absolute atomic E-state index is 0.233. The molecule has 1 aliphatic rings. The molecule has 86 valence electrons. The zero-order chi connectivity index (χ0) is 11.5. The number of rotatable bonds is 2. The van der Waals surface area contributed by atoms with Crippen LogP contribution in [0.25, 0.3) is 0 Å². The molecule has 1 unspecified atom stereocenters. The van der Waals surface area contributed by atoms with Crippen molar-refractivity contribution in [1.29, 1.82) is 0 Å². The minimum atomic E-state index is -0.233. The van der Waals surface area contributed by atoms with Crippen LogP contribution in [-0.2, 0) is 11.2 Å². The number of carbonyl (C=O) groups is 1. The summed E-state index contributed by atoms with van der Waals surface area (Å²) < 4.78 is 4.99. The van der Waals surface area contributed by atoms with E-state index in [2.05, 4.69) is 12.2 Å². The van der Waals surface area contributed by atoms with Gasteiger partial charge in [-0.15, -0.1) is 0 Å². The van der Waals surface area contributed by atoms with Crippen molar-refractivity contribution in [3.63, 3.8) is 0 Å². The second kappa shape index (κ2) is 4.66. The Labute approximate surface area is 95.8 Å². The van der Waals surface area contributed by atoms with Crippen molar-refractivity contribution < 1.29 is 9.53 Å². The van der Waals surface area contributed by atoms with Gasteiger partial charge < -0.3 is 10.1 Å². The quantitative estimate of drug-likeness (QED) is 0.774. The molecule has 0 saturated heterocycles. The highest BCUT2D eigenvalue weighted by molar-refractivity contribution is 5.89. The van der Waals surface area contributed by atoms with Gasteiger partial charge in [0.1, 0.15) is 0 Å². The van der Waals surface area contributed by atoms with Crippen LogP contribution in [0, 0.1) is 0 Å². The fourth-order valence-electron chi connectivity index (χ4n) is 2.10. The molecule has 1 atom stereocenters. The van der Waals surface area contributed by atoms with Crippen molar-refractivity contribution in [3.8, 4) is 0 Å². The number of benzene rings is 1. The molecule has 1 heterocycles. The normalized spacial score (nSPS) is 19.0. The number of hydrogen-bond donors (Lipinski definition) is 1. The van der Waals surface area contributed by atoms with Gasteiger partial charge >= 0.3 is 5.97 Å². The van der Waals surface area contributed by atoms with E-state index < -0.39 is 0 Å². The summed E-state index contributed by atoms with van der Waals surface area (Å²) in [6, 6.07) is 6.16. The largest absolute Gasteiger partial charge is 0.462 e. The maximum atomic E-state index is 11.6. The van der Waals surface area contributed by atoms with Crippen LogP contribution in [-0.4, -0.2) is 19.1 Å². The van der Waals surface area contributed by atoms with E-state index in [0.717, 1.165) is 13.0 Å². The summed E-state index contributed by atoms with van der Waals surface area (Å²) in [5.74, 6) is -0.233. The highest BCUT2D eigenvalue weighted by atomic mass is 16.5. The lowest BCUT2D eigenvalue weighted by molar-refractivity contribution is 0.0526. The summed E-state index contributed by atoms with van der Waals surface area (Å²) in [4.78, 5) is 11.6. The molecule has 0 fully saturated rings. The average Bonchev–Trinajstić information content (AvgIpc) is 2.29. The Hall–Kier alpha value is -1.35. The van der Waals surface area contributed by atoms with Crippen LogP contribution in [0.15, 0.2) is 18.2 Å². The van der Waals surface area contributed by atoms with Gasteiger partial charge in [-0.3, -0.25) is 0 Å². The summed E-state index contributed by atoms with van der Waals surface area (Å²) >= 11 is 0. The molecule has 16 heavy (non-hydrogen) atoms. The van der Waals surface area contributed by atoms with Crippen LogP contribution < -0.4 is 5.32 Å². The first-order chi connectivity index (χ1) is 7.72. The van der Waals surface area contributed by atoms with Crippen molar-refractivity contribution in [2.45, 2.75) is 26.3 Å². The smallest absolute Gasteiger partial charge is 0.338 e. The molecule has 3 nitrogen and oxygen atoms in total. The third-order valence-corrected chi connectivity index (χ3v) is 2.97. The predicted molar refractivity (Wildman–Crippen MR) is 62.5 cm³/mol. The summed E-state index contributed by atoms with van der Waals surface area (Å²) in [7, 11) is 0. The van der Waals surface area contributed by atoms with E-state index in [1.54, 1.807) is 0 Å². The van der Waals surface area contributed by atoms with E-state index >= 15 is 0 Å². The molecule has 0 aromatic heterocycles. The molecule has 3 heteroatoms. The van der Waals surface area contributed by atoms with Crippen LogP contribution in [0.5, 0.6) is 0 Å². The first kappa shape index (κ1) is 11.1. The molecular weight excluding hydrogens is 202 g/mol. The lowest BCUT2D eigenvalue weighted by Gasteiger charge is -2.24. The van der Waals surface area contributed by atoms with Gasteiger partial charge in [0.05, 0.1) is 12.2 Å². The first-order valence-electron chi connectivity index (χ1n) is 5.75. The first-order valence-corrected chi connectivity index (χ1v) is 5.75. The number of ether oxygens (including phenoxy) is 1. The lowest BCUT2D eigenvalue weighted by Crippen LogP contribution is -2.28. The maximum absolute atomic E-state index is 11.6. The Balaban J connectivity index is 2.30. The third kappa shape index (κ3) is 2.09. The molecule has 1 aromatic rings. The molecule has 0 aliphatic carbocycles. The van der Waals surface area contributed by atoms with E-state index in [4.69, 9.17) is 4.74 Å². The summed E-state index contributed by atoms with van der Waals surface area (Å²) in [5.41, 5.74) is 3.20. The van der Waals surface area contributed by atoms with E-state index in [1.807, 2.05) is 25.1 Å². The highest BCUT2D eigenvalue weighted by Gasteiger charge is 2.17. The van der Waals surface area contributed by atoms with Crippen molar-refractivity contribution in [1.82, 2.24) is 5.32 Å². The van der Waals surface area contributed by atoms with Gasteiger partial charge in [-0.1, -0.05) is 6.07 Å². The minimum Gasteiger partial charge on any atom is -0.462 e. The second-order valence-electron chi connectivity index (χ2n) is 4.06. The Kier molecular flexibility index (Phi) is 3.25. The van der Waals surface area contributed by atoms with E-state index in [9.17, 15) is 4.79 Å². The highest BCUT2D eigenvalue weighted by Crippen LogP contribution is 2.23. The monoisotopic (exact) mass is 219 g/mol. The van der Waals surface area contributed by atoms with Gasteiger partial charge in [0.25, 0.3) is 0 Å². The molecule has 0 saturated carbocycles. The third-order valence-electron chi connectivity index (χ3n) is 2.97. The van der Waals surface area contributed by atoms with Gasteiger partial charge in [-0.05, 0) is 50.1 Å². The van der Waals surface area contributed by atoms with Crippen molar-refractivity contribution in [2.75, 3.05) is 13.2 Å². The lowest BCUT2D eigenvalue weighted by atomic mass is 9.93. The van der Waals surface area contributed by atoms with Crippen molar-refractivity contribution in [2.24, 2.45) is 0 Å². The number of carbonyl (C=O) groups excluding carboxylic acids is 1. The molecule has 0 bridgehead atoms. The van der Waals surface area contributed by atoms with Gasteiger partial charge in [-0.2, -0.15) is 0 Å². The van der Waals surface area contributed by atoms with Gasteiger partial charge in [0, 0.05) is 6.04 Å². The Bertz CT molecular complexity index is 401. The molecule has 0 spiro atoms. The summed E-state index contributed by atoms with van der Waals surface area (Å²) in [6.07, 6.45) is 1.03. The number of esters is 1. The van der Waals surface area contributed by atoms with Crippen LogP contribution in [0.3, 0.4) is 0 Å². The Morgan fingerprint density at radius 1 is 1.56 bits per heavy atom. The molecule has 1 N–H and O–H groups in total. The molecule has 1 aromatic carbocycles. The van der Waals surface area contributed by atoms with Crippen LogP contribution in [0.1, 0.15) is 41.4 Å². The standard InChI is InChI=1S/C13H17NO2/c1-3-16-13(15)11-5-4-10-6-7-14-9(2)12(10)8-11/h4-5,8-9,14H,3,6-7H2,1-2H3. The van der Waals surface area contributed by atoms with E-state index in [0.29, 0.717) is 18.2 Å². The molecular formula is C13H17NO2. The van der Waals surface area contributed by atoms with Gasteiger partial charge in [-0.25, -0.2) is 4.79 Å². The van der Waals surface area contributed by atoms with Crippen molar-refractivity contribution >= 4 is 5.97 Å². The van der Waals surface area contributed by atoms with Crippen molar-refractivity contribution in [3.05, 3.63) is 34.9 Å². The zero-order valence-electron chi connectivity index (χ0n) is 9.75. The Morgan fingerprint density at radius 2 is 2.38 bits per heavy atom. The SMILES string of the molecule is CCOC(=O)c1ccc2c(c1)C(C)NCC2. The zero-order valence-corrected chi connectivity index (χ0v) is 9.75. The fraction of sp³-hybridized carbons (Fsp3) is 0.462. The van der Waals surface area contributed by atoms with Gasteiger partial charge in [0.2, 0.25) is 0 Å². The second-order valence-corrected chi connectivity index (χ2v) is 4.06. The topological polar surface area (TPSA) is 38.3 Å². The fourth-order valence-corrected chi connectivity index (χ4v) is 2.10. The van der Waals surface area contributed by atoms with E-state index in [-0.39, 0.29) is 5.97 Å². The summed E-state index contributed by atoms with van der Waals surface area (Å²) in [5, 5.41) is 3.38. The van der Waals surface area contributed by atoms with E-state index in [1.165, 1.54) is 11.1 Å². The molecule has 0 amide bonds. The molecule has 1 aliphatic heterocycles. The Morgan fingerprint density at radius 3 is 3.12 bits per heavy atom. The van der Waals surface area contributed by atoms with Crippen LogP contribution >= 0.6 is 0 Å². The number of hydrogen-bond acceptors (Lipinski definition) is 3. The molecule has 0 radical (unpaired) electrons. The number of nitrogens with one attached hydrogen (secondary N) is 1. The molecule has 2 rings (SSSR count). The predicted octanol–water partition coefficient (Wildman–Crippen LogP) is 2.07. The average molecular weight is 219 g/mol. The van der Waals surface area contributed by atoms with Crippen LogP contribution in [0.4, 0.5) is 0 Å². The maximum Gasteiger partial charge on any atom is 0.338 e. The number of fused-ring (bicyclic) bond motifs is 1. The van der Waals surface area contributed by atoms with Crippen LogP contribution in [0.2, 0.25) is 0 Å². The van der Waals surface area contributed by atoms with Gasteiger partial charge in [0.15, 0.2) is 0 Å². The summed E-state index contributed by atoms with van der Waals surface area (Å²) in [6.45, 7) is 5.37.